The molecule has 7 heteroatoms. The van der Waals surface area contributed by atoms with Crippen LogP contribution in [-0.2, 0) is 14.4 Å². The molecule has 0 bridgehead atoms. The fourth-order valence-corrected chi connectivity index (χ4v) is 2.67. The number of rotatable bonds is 8. The average molecular weight is 365 g/mol. The van der Waals surface area contributed by atoms with Crippen LogP contribution >= 0.6 is 0 Å². The summed E-state index contributed by atoms with van der Waals surface area (Å²) < 4.78 is 0. The number of nitrogens with zero attached hydrogens (tertiary/aromatic N) is 1. The monoisotopic (exact) mass is 365 g/mol. The minimum absolute atomic E-state index is 0.394. The number of hydrogen-bond donors (Lipinski definition) is 3. The molecule has 0 spiro atoms. The molecule has 26 heavy (non-hydrogen) atoms. The fraction of sp³-hybridized carbons (Fsp3) is 0.526. The predicted octanol–water partition coefficient (Wildman–Crippen LogP) is 1.98. The molecule has 0 aromatic rings. The summed E-state index contributed by atoms with van der Waals surface area (Å²) in [4.78, 5) is 37.4. The molecule has 0 aromatic heterocycles. The molecule has 7 nitrogen and oxygen atoms in total. The van der Waals surface area contributed by atoms with Crippen molar-refractivity contribution in [3.63, 3.8) is 0 Å². The number of aliphatic hydroxyl groups excluding tert-OH is 1. The van der Waals surface area contributed by atoms with E-state index in [1.54, 1.807) is 6.08 Å². The van der Waals surface area contributed by atoms with Gasteiger partial charge in [-0.05, 0) is 18.4 Å². The largest absolute Gasteiger partial charge is 0.507 e. The Morgan fingerprint density at radius 2 is 1.88 bits per heavy atom. The number of carboxylic acids is 1. The molecule has 1 amide bonds. The third-order valence-electron chi connectivity index (χ3n) is 4.59. The third-order valence-corrected chi connectivity index (χ3v) is 4.59. The van der Waals surface area contributed by atoms with Crippen LogP contribution in [-0.4, -0.2) is 56.6 Å². The number of carboxylic acid groups (broad SMARTS) is 1. The summed E-state index contributed by atoms with van der Waals surface area (Å²) in [5.41, 5.74) is -2.55. The molecule has 144 valence electrons. The van der Waals surface area contributed by atoms with Gasteiger partial charge in [-0.2, -0.15) is 0 Å². The number of aliphatic hydroxyl groups is 2. The molecule has 1 heterocycles. The van der Waals surface area contributed by atoms with E-state index in [4.69, 9.17) is 0 Å². The summed E-state index contributed by atoms with van der Waals surface area (Å²) >= 11 is 0. The van der Waals surface area contributed by atoms with Gasteiger partial charge in [0.25, 0.3) is 5.91 Å². The van der Waals surface area contributed by atoms with Crippen molar-refractivity contribution in [3.05, 3.63) is 35.6 Å². The quantitative estimate of drug-likeness (QED) is 0.262. The van der Waals surface area contributed by atoms with Crippen LogP contribution in [0, 0.1) is 5.92 Å². The maximum Gasteiger partial charge on any atom is 0.336 e. The zero-order chi connectivity index (χ0) is 20.1. The van der Waals surface area contributed by atoms with Crippen molar-refractivity contribution in [2.45, 2.75) is 51.7 Å². The van der Waals surface area contributed by atoms with E-state index in [1.807, 2.05) is 13.0 Å². The molecule has 0 unspecified atom stereocenters. The number of ketones is 1. The minimum atomic E-state index is -2.15. The molecule has 1 rings (SSSR count). The zero-order valence-electron chi connectivity index (χ0n) is 15.6. The number of carbonyl (C=O) groups excluding carboxylic acids is 2. The molecule has 2 atom stereocenters. The first kappa shape index (κ1) is 21.6. The van der Waals surface area contributed by atoms with Crippen LogP contribution in [0.4, 0.5) is 0 Å². The van der Waals surface area contributed by atoms with Gasteiger partial charge in [-0.3, -0.25) is 9.59 Å². The lowest BCUT2D eigenvalue weighted by atomic mass is 9.83. The van der Waals surface area contributed by atoms with Crippen LogP contribution in [0.2, 0.25) is 0 Å². The molecular weight excluding hydrogens is 338 g/mol. The lowest BCUT2D eigenvalue weighted by Gasteiger charge is -2.31. The molecular formula is C19H27NO6. The van der Waals surface area contributed by atoms with E-state index in [0.29, 0.717) is 0 Å². The highest BCUT2D eigenvalue weighted by molar-refractivity contribution is 6.27. The summed E-state index contributed by atoms with van der Waals surface area (Å²) in [6.07, 6.45) is 7.76. The maximum atomic E-state index is 12.6. The van der Waals surface area contributed by atoms with Crippen molar-refractivity contribution in [2.24, 2.45) is 5.92 Å². The maximum absolute atomic E-state index is 12.6. The first-order valence-corrected chi connectivity index (χ1v) is 8.61. The molecule has 1 aliphatic heterocycles. The van der Waals surface area contributed by atoms with Gasteiger partial charge < -0.3 is 20.2 Å². The van der Waals surface area contributed by atoms with Crippen LogP contribution in [0.15, 0.2) is 35.6 Å². The van der Waals surface area contributed by atoms with Gasteiger partial charge in [0.15, 0.2) is 11.4 Å². The molecule has 0 aliphatic carbocycles. The smallest absolute Gasteiger partial charge is 0.336 e. The summed E-state index contributed by atoms with van der Waals surface area (Å²) in [5.74, 6) is -3.99. The number of amides is 1. The topological polar surface area (TPSA) is 115 Å². The Morgan fingerprint density at radius 3 is 2.38 bits per heavy atom. The number of carbonyl (C=O) groups is 3. The van der Waals surface area contributed by atoms with E-state index in [2.05, 4.69) is 0 Å². The Hall–Kier alpha value is -2.41. The Labute approximate surface area is 153 Å². The van der Waals surface area contributed by atoms with Gasteiger partial charge in [-0.15, -0.1) is 0 Å². The highest BCUT2D eigenvalue weighted by Gasteiger charge is 2.50. The van der Waals surface area contributed by atoms with Gasteiger partial charge in [-0.1, -0.05) is 45.4 Å². The Balaban J connectivity index is 3.12. The first-order chi connectivity index (χ1) is 12.1. The Bertz CT molecular complexity index is 661. The van der Waals surface area contributed by atoms with Crippen LogP contribution < -0.4 is 0 Å². The number of hydrogen-bond acceptors (Lipinski definition) is 5. The number of likely N-dealkylation sites (tertiary alicyclic amines) is 1. The van der Waals surface area contributed by atoms with Crippen molar-refractivity contribution in [1.29, 1.82) is 0 Å². The molecule has 1 fully saturated rings. The Morgan fingerprint density at radius 1 is 1.27 bits per heavy atom. The van der Waals surface area contributed by atoms with E-state index in [9.17, 15) is 29.7 Å². The second kappa shape index (κ2) is 8.80. The minimum Gasteiger partial charge on any atom is -0.507 e. The lowest BCUT2D eigenvalue weighted by Crippen LogP contribution is -2.49. The predicted molar refractivity (Wildman–Crippen MR) is 96.4 cm³/mol. The fourth-order valence-electron chi connectivity index (χ4n) is 2.67. The molecule has 3 N–H and O–H groups in total. The standard InChI is InChI=1S/C19H27NO6/c1-5-6-7-8-9-10-14(21)15-16(22)13(20(4)17(15)23)11-19(26,12(2)3)18(24)25/h7-10,12-13,21,26H,5-6,11H2,1-4H3,(H,24,25)/b8-7-,10-9-,15-14-/t13-,19-/m0/s1. The summed E-state index contributed by atoms with van der Waals surface area (Å²) in [7, 11) is 1.35. The number of aliphatic carboxylic acids is 1. The van der Waals surface area contributed by atoms with Crippen molar-refractivity contribution in [3.8, 4) is 0 Å². The van der Waals surface area contributed by atoms with Gasteiger partial charge in [0.2, 0.25) is 0 Å². The molecule has 0 aromatic carbocycles. The van der Waals surface area contributed by atoms with Crippen LogP contribution in [0.1, 0.15) is 40.0 Å². The normalized spacial score (nSPS) is 22.7. The van der Waals surface area contributed by atoms with E-state index in [-0.39, 0.29) is 0 Å². The second-order valence-electron chi connectivity index (χ2n) is 6.72. The van der Waals surface area contributed by atoms with Crippen LogP contribution in [0.3, 0.4) is 0 Å². The van der Waals surface area contributed by atoms with Gasteiger partial charge in [-0.25, -0.2) is 4.79 Å². The van der Waals surface area contributed by atoms with Gasteiger partial charge >= 0.3 is 5.97 Å². The SMILES string of the molecule is CCC\C=C/C=C\C(O)=C1/C(=O)[C@H](C[C@@](O)(C(=O)O)C(C)C)N(C)C1=O. The number of unbranched alkanes of at least 4 members (excludes halogenated alkanes) is 1. The molecule has 0 radical (unpaired) electrons. The van der Waals surface area contributed by atoms with Crippen LogP contribution in [0.25, 0.3) is 0 Å². The van der Waals surface area contributed by atoms with Crippen LogP contribution in [0.5, 0.6) is 0 Å². The zero-order valence-corrected chi connectivity index (χ0v) is 15.6. The van der Waals surface area contributed by atoms with Crippen molar-refractivity contribution in [1.82, 2.24) is 4.90 Å². The number of likely N-dealkylation sites (N-methyl/N-ethyl adjacent to an activating group) is 1. The van der Waals surface area contributed by atoms with Crippen molar-refractivity contribution in [2.75, 3.05) is 7.05 Å². The van der Waals surface area contributed by atoms with E-state index >= 15 is 0 Å². The van der Waals surface area contributed by atoms with Gasteiger partial charge in [0.05, 0.1) is 6.04 Å². The molecule has 0 saturated carbocycles. The van der Waals surface area contributed by atoms with E-state index in [0.717, 1.165) is 17.7 Å². The highest BCUT2D eigenvalue weighted by Crippen LogP contribution is 2.31. The number of Topliss-reactive ketones (excluding diaryl/α,β-unsaturated/α-hetero) is 1. The third kappa shape index (κ3) is 4.40. The summed E-state index contributed by atoms with van der Waals surface area (Å²) in [6.45, 7) is 5.07. The molecule has 1 aliphatic rings. The highest BCUT2D eigenvalue weighted by atomic mass is 16.4. The van der Waals surface area contributed by atoms with Gasteiger partial charge in [0, 0.05) is 13.5 Å². The Kier molecular flexibility index (Phi) is 7.32. The average Bonchev–Trinajstić information content (AvgIpc) is 2.77. The van der Waals surface area contributed by atoms with E-state index in [1.165, 1.54) is 33.0 Å². The van der Waals surface area contributed by atoms with E-state index < -0.39 is 53.0 Å². The molecule has 1 saturated heterocycles. The summed E-state index contributed by atoms with van der Waals surface area (Å²) in [6, 6.07) is -1.15. The first-order valence-electron chi connectivity index (χ1n) is 8.61. The van der Waals surface area contributed by atoms with Crippen molar-refractivity contribution < 1.29 is 29.7 Å². The van der Waals surface area contributed by atoms with Gasteiger partial charge in [0.1, 0.15) is 11.3 Å². The summed E-state index contributed by atoms with van der Waals surface area (Å²) in [5, 5.41) is 29.8. The second-order valence-corrected chi connectivity index (χ2v) is 6.72. The van der Waals surface area contributed by atoms with Crippen molar-refractivity contribution >= 4 is 17.7 Å². The lowest BCUT2D eigenvalue weighted by molar-refractivity contribution is -0.166. The number of allylic oxidation sites excluding steroid dienone is 4.